The van der Waals surface area contributed by atoms with Crippen molar-refractivity contribution < 1.29 is 37.1 Å². The molecule has 2 aliphatic rings. The maximum atomic E-state index is 12.6. The first-order valence-electron chi connectivity index (χ1n) is 10.3. The van der Waals surface area contributed by atoms with Crippen LogP contribution >= 0.6 is 0 Å². The van der Waals surface area contributed by atoms with Crippen molar-refractivity contribution in [3.63, 3.8) is 0 Å². The number of morpholine rings is 1. The SMILES string of the molecule is CN1C(=O)c2ccc(NC(=O)COC(=O)c3ccc(S(=O)(=O)N4CCOCC4)cc3)cc2C1=O. The van der Waals surface area contributed by atoms with Crippen LogP contribution in [0.25, 0.3) is 0 Å². The summed E-state index contributed by atoms with van der Waals surface area (Å²) in [6.45, 7) is 0.557. The molecule has 12 heteroatoms. The average Bonchev–Trinajstić information content (AvgIpc) is 3.06. The number of nitrogens with one attached hydrogen (secondary N) is 1. The van der Waals surface area contributed by atoms with Crippen molar-refractivity contribution in [2.75, 3.05) is 45.3 Å². The molecule has 34 heavy (non-hydrogen) atoms. The molecule has 1 fully saturated rings. The molecular weight excluding hydrogens is 466 g/mol. The standard InChI is InChI=1S/C22H21N3O8S/c1-24-20(27)17-7-4-15(12-18(17)21(24)28)23-19(26)13-33-22(29)14-2-5-16(6-3-14)34(30,31)25-8-10-32-11-9-25/h2-7,12H,8-11,13H2,1H3,(H,23,26). The van der Waals surface area contributed by atoms with E-state index in [1.54, 1.807) is 0 Å². The number of nitrogens with zero attached hydrogens (tertiary/aromatic N) is 2. The predicted octanol–water partition coefficient (Wildman–Crippen LogP) is 0.729. The normalized spacial score (nSPS) is 16.3. The van der Waals surface area contributed by atoms with E-state index in [0.717, 1.165) is 4.90 Å². The van der Waals surface area contributed by atoms with Crippen molar-refractivity contribution in [3.8, 4) is 0 Å². The highest BCUT2D eigenvalue weighted by Gasteiger charge is 2.33. The summed E-state index contributed by atoms with van der Waals surface area (Å²) in [5.41, 5.74) is 0.776. The Morgan fingerprint density at radius 2 is 1.65 bits per heavy atom. The summed E-state index contributed by atoms with van der Waals surface area (Å²) in [5.74, 6) is -2.34. The molecule has 0 aliphatic carbocycles. The molecule has 2 aromatic carbocycles. The second kappa shape index (κ2) is 9.33. The van der Waals surface area contributed by atoms with E-state index in [9.17, 15) is 27.6 Å². The van der Waals surface area contributed by atoms with Crippen LogP contribution in [-0.4, -0.2) is 81.3 Å². The Kier molecular flexibility index (Phi) is 6.46. The molecule has 0 radical (unpaired) electrons. The average molecular weight is 487 g/mol. The zero-order chi connectivity index (χ0) is 24.5. The van der Waals surface area contributed by atoms with Crippen molar-refractivity contribution in [1.82, 2.24) is 9.21 Å². The first-order valence-corrected chi connectivity index (χ1v) is 11.7. The van der Waals surface area contributed by atoms with Gasteiger partial charge in [0.25, 0.3) is 17.7 Å². The number of sulfonamides is 1. The van der Waals surface area contributed by atoms with Crippen LogP contribution in [-0.2, 0) is 24.3 Å². The summed E-state index contributed by atoms with van der Waals surface area (Å²) >= 11 is 0. The van der Waals surface area contributed by atoms with Gasteiger partial charge >= 0.3 is 5.97 Å². The molecule has 178 valence electrons. The third-order valence-electron chi connectivity index (χ3n) is 5.41. The molecule has 11 nitrogen and oxygen atoms in total. The number of benzene rings is 2. The van der Waals surface area contributed by atoms with Gasteiger partial charge in [0.05, 0.1) is 34.8 Å². The predicted molar refractivity (Wildman–Crippen MR) is 118 cm³/mol. The topological polar surface area (TPSA) is 139 Å². The van der Waals surface area contributed by atoms with Crippen molar-refractivity contribution in [3.05, 3.63) is 59.2 Å². The Morgan fingerprint density at radius 1 is 1.00 bits per heavy atom. The molecule has 2 heterocycles. The van der Waals surface area contributed by atoms with E-state index >= 15 is 0 Å². The Morgan fingerprint density at radius 3 is 2.32 bits per heavy atom. The van der Waals surface area contributed by atoms with E-state index in [4.69, 9.17) is 9.47 Å². The third kappa shape index (κ3) is 4.55. The third-order valence-corrected chi connectivity index (χ3v) is 7.32. The molecule has 1 saturated heterocycles. The van der Waals surface area contributed by atoms with Gasteiger partial charge in [0.1, 0.15) is 0 Å². The number of rotatable bonds is 6. The fourth-order valence-corrected chi connectivity index (χ4v) is 4.96. The quantitative estimate of drug-likeness (QED) is 0.465. The van der Waals surface area contributed by atoms with Gasteiger partial charge in [0, 0.05) is 25.8 Å². The molecular formula is C22H21N3O8S. The molecule has 0 bridgehead atoms. The van der Waals surface area contributed by atoms with E-state index in [1.165, 1.54) is 53.8 Å². The second-order valence-corrected chi connectivity index (χ2v) is 9.53. The van der Waals surface area contributed by atoms with E-state index in [2.05, 4.69) is 5.32 Å². The minimum Gasteiger partial charge on any atom is -0.452 e. The summed E-state index contributed by atoms with van der Waals surface area (Å²) in [5, 5.41) is 2.50. The van der Waals surface area contributed by atoms with Crippen LogP contribution in [0.15, 0.2) is 47.4 Å². The lowest BCUT2D eigenvalue weighted by Gasteiger charge is -2.26. The van der Waals surface area contributed by atoms with Crippen LogP contribution < -0.4 is 5.32 Å². The van der Waals surface area contributed by atoms with Crippen molar-refractivity contribution in [2.24, 2.45) is 0 Å². The minimum atomic E-state index is -3.69. The fourth-order valence-electron chi connectivity index (χ4n) is 3.55. The second-order valence-electron chi connectivity index (χ2n) is 7.59. The number of amides is 3. The summed E-state index contributed by atoms with van der Waals surface area (Å²) in [6, 6.07) is 9.53. The molecule has 4 rings (SSSR count). The van der Waals surface area contributed by atoms with Crippen LogP contribution in [0.2, 0.25) is 0 Å². The Hall–Kier alpha value is -3.61. The van der Waals surface area contributed by atoms with Crippen LogP contribution in [0, 0.1) is 0 Å². The lowest BCUT2D eigenvalue weighted by molar-refractivity contribution is -0.119. The molecule has 3 amide bonds. The smallest absolute Gasteiger partial charge is 0.338 e. The van der Waals surface area contributed by atoms with Crippen LogP contribution in [0.4, 0.5) is 5.69 Å². The molecule has 0 aromatic heterocycles. The molecule has 2 aliphatic heterocycles. The maximum Gasteiger partial charge on any atom is 0.338 e. The van der Waals surface area contributed by atoms with Crippen LogP contribution in [0.1, 0.15) is 31.1 Å². The highest BCUT2D eigenvalue weighted by Crippen LogP contribution is 2.24. The highest BCUT2D eigenvalue weighted by molar-refractivity contribution is 7.89. The van der Waals surface area contributed by atoms with Gasteiger partial charge in [-0.2, -0.15) is 4.31 Å². The van der Waals surface area contributed by atoms with Gasteiger partial charge in [-0.1, -0.05) is 0 Å². The zero-order valence-electron chi connectivity index (χ0n) is 18.1. The van der Waals surface area contributed by atoms with Gasteiger partial charge in [0.2, 0.25) is 10.0 Å². The monoisotopic (exact) mass is 487 g/mol. The van der Waals surface area contributed by atoms with Gasteiger partial charge < -0.3 is 14.8 Å². The number of ether oxygens (including phenoxy) is 2. The largest absolute Gasteiger partial charge is 0.452 e. The van der Waals surface area contributed by atoms with E-state index < -0.39 is 40.3 Å². The molecule has 1 N–H and O–H groups in total. The zero-order valence-corrected chi connectivity index (χ0v) is 19.0. The first kappa shape index (κ1) is 23.5. The number of hydrogen-bond acceptors (Lipinski definition) is 8. The maximum absolute atomic E-state index is 12.6. The number of carbonyl (C=O) groups excluding carboxylic acids is 4. The van der Waals surface area contributed by atoms with E-state index in [1.807, 2.05) is 0 Å². The van der Waals surface area contributed by atoms with Crippen molar-refractivity contribution >= 4 is 39.4 Å². The Bertz CT molecular complexity index is 1270. The summed E-state index contributed by atoms with van der Waals surface area (Å²) < 4.78 is 36.8. The Balaban J connectivity index is 1.34. The first-order chi connectivity index (χ1) is 16.2. The number of hydrogen-bond donors (Lipinski definition) is 1. The number of carbonyl (C=O) groups is 4. The summed E-state index contributed by atoms with van der Waals surface area (Å²) in [4.78, 5) is 49.5. The number of imide groups is 1. The van der Waals surface area contributed by atoms with E-state index in [-0.39, 0.29) is 40.4 Å². The van der Waals surface area contributed by atoms with Gasteiger partial charge in [-0.15, -0.1) is 0 Å². The summed E-state index contributed by atoms with van der Waals surface area (Å²) in [6.07, 6.45) is 0. The highest BCUT2D eigenvalue weighted by atomic mass is 32.2. The van der Waals surface area contributed by atoms with E-state index in [0.29, 0.717) is 13.2 Å². The minimum absolute atomic E-state index is 0.0407. The van der Waals surface area contributed by atoms with Gasteiger partial charge in [-0.05, 0) is 42.5 Å². The number of esters is 1. The Labute approximate surface area is 195 Å². The lowest BCUT2D eigenvalue weighted by Crippen LogP contribution is -2.40. The molecule has 0 unspecified atom stereocenters. The lowest BCUT2D eigenvalue weighted by atomic mass is 10.1. The molecule has 0 saturated carbocycles. The van der Waals surface area contributed by atoms with Gasteiger partial charge in [0.15, 0.2) is 6.61 Å². The molecule has 0 atom stereocenters. The van der Waals surface area contributed by atoms with Gasteiger partial charge in [-0.25, -0.2) is 13.2 Å². The summed E-state index contributed by atoms with van der Waals surface area (Å²) in [7, 11) is -2.32. The number of anilines is 1. The number of fused-ring (bicyclic) bond motifs is 1. The van der Waals surface area contributed by atoms with Crippen molar-refractivity contribution in [2.45, 2.75) is 4.90 Å². The van der Waals surface area contributed by atoms with Gasteiger partial charge in [-0.3, -0.25) is 19.3 Å². The molecule has 0 spiro atoms. The fraction of sp³-hybridized carbons (Fsp3) is 0.273. The van der Waals surface area contributed by atoms with Crippen LogP contribution in [0.5, 0.6) is 0 Å². The molecule has 2 aromatic rings. The van der Waals surface area contributed by atoms with Crippen molar-refractivity contribution in [1.29, 1.82) is 0 Å². The van der Waals surface area contributed by atoms with Crippen LogP contribution in [0.3, 0.4) is 0 Å².